The highest BCUT2D eigenvalue weighted by Gasteiger charge is 2.19. The molecule has 0 heterocycles. The summed E-state index contributed by atoms with van der Waals surface area (Å²) in [5.41, 5.74) is 23.0. The topological polar surface area (TPSA) is 19.0 Å². The molecular weight excluding hydrogens is 851 g/mol. The lowest BCUT2D eigenvalue weighted by atomic mass is 10.1. The summed E-state index contributed by atoms with van der Waals surface area (Å²) in [5, 5.41) is 0. The molecule has 0 amide bonds. The molecule has 0 bridgehead atoms. The number of rotatable bonds is 14. The summed E-state index contributed by atoms with van der Waals surface area (Å²) < 4.78 is 5.98. The first-order chi connectivity index (χ1) is 34.0. The maximum atomic E-state index is 5.98. The van der Waals surface area contributed by atoms with Gasteiger partial charge in [0.25, 0.3) is 0 Å². The monoisotopic (exact) mass is 911 g/mol. The number of anilines is 9. The number of nitrogens with zero attached hydrogens (tertiary/aromatic N) is 3. The summed E-state index contributed by atoms with van der Waals surface area (Å²) in [6, 6.07) is 72.3. The molecule has 0 fully saturated rings. The Morgan fingerprint density at radius 3 is 0.800 bits per heavy atom. The van der Waals surface area contributed by atoms with Gasteiger partial charge in [-0.15, -0.1) is 0 Å². The Balaban J connectivity index is 0.937. The second-order valence-corrected chi connectivity index (χ2v) is 18.5. The number of hydrogen-bond acceptors (Lipinski definition) is 4. The molecule has 0 atom stereocenters. The molecule has 0 radical (unpaired) electrons. The van der Waals surface area contributed by atoms with E-state index in [-0.39, 0.29) is 0 Å². The first kappa shape index (κ1) is 46.8. The van der Waals surface area contributed by atoms with Crippen molar-refractivity contribution in [2.24, 2.45) is 0 Å². The van der Waals surface area contributed by atoms with Gasteiger partial charge in [0.05, 0.1) is 12.8 Å². The minimum atomic E-state index is 0.816. The zero-order valence-corrected chi connectivity index (χ0v) is 41.6. The SMILES string of the molecule is COc1cc(C)ccc1N(c1ccc(/C=C/c2ccc(N(c3ccc(C)cc3)c3ccc(C)cc3C)cc2)cc1)c1ccc(/C=C/c2ccc(N(c3ccc(C)cc3)c3ccc(C)cc3C)cc2)cc1. The van der Waals surface area contributed by atoms with Crippen molar-refractivity contribution < 1.29 is 4.74 Å². The van der Waals surface area contributed by atoms with Crippen LogP contribution in [0.2, 0.25) is 0 Å². The van der Waals surface area contributed by atoms with Crippen LogP contribution in [0.5, 0.6) is 5.75 Å². The van der Waals surface area contributed by atoms with Crippen molar-refractivity contribution in [2.45, 2.75) is 48.5 Å². The van der Waals surface area contributed by atoms with Gasteiger partial charge >= 0.3 is 0 Å². The molecule has 0 spiro atoms. The van der Waals surface area contributed by atoms with Crippen LogP contribution in [0.25, 0.3) is 24.3 Å². The Bertz CT molecular complexity index is 3080. The van der Waals surface area contributed by atoms with E-state index in [9.17, 15) is 0 Å². The Kier molecular flexibility index (Phi) is 14.0. The van der Waals surface area contributed by atoms with E-state index >= 15 is 0 Å². The fourth-order valence-electron chi connectivity index (χ4n) is 9.07. The normalized spacial score (nSPS) is 11.3. The molecule has 9 rings (SSSR count). The maximum Gasteiger partial charge on any atom is 0.143 e. The molecule has 70 heavy (non-hydrogen) atoms. The van der Waals surface area contributed by atoms with Gasteiger partial charge in [-0.1, -0.05) is 150 Å². The van der Waals surface area contributed by atoms with Crippen molar-refractivity contribution in [3.8, 4) is 5.75 Å². The van der Waals surface area contributed by atoms with Crippen LogP contribution in [-0.4, -0.2) is 7.11 Å². The van der Waals surface area contributed by atoms with Crippen LogP contribution in [0.3, 0.4) is 0 Å². The Morgan fingerprint density at radius 2 is 0.514 bits per heavy atom. The van der Waals surface area contributed by atoms with Gasteiger partial charge in [0.1, 0.15) is 5.75 Å². The molecule has 4 heteroatoms. The quantitative estimate of drug-likeness (QED) is 0.101. The second-order valence-electron chi connectivity index (χ2n) is 18.5. The van der Waals surface area contributed by atoms with Gasteiger partial charge in [0.2, 0.25) is 0 Å². The molecule has 9 aromatic carbocycles. The molecule has 9 aromatic rings. The van der Waals surface area contributed by atoms with Crippen molar-refractivity contribution in [1.82, 2.24) is 0 Å². The predicted octanol–water partition coefficient (Wildman–Crippen LogP) is 18.6. The first-order valence-electron chi connectivity index (χ1n) is 24.1. The lowest BCUT2D eigenvalue weighted by Crippen LogP contribution is -2.11. The highest BCUT2D eigenvalue weighted by atomic mass is 16.5. The van der Waals surface area contributed by atoms with Crippen LogP contribution in [-0.2, 0) is 0 Å². The largest absolute Gasteiger partial charge is 0.495 e. The molecule has 0 N–H and O–H groups in total. The van der Waals surface area contributed by atoms with E-state index in [1.165, 1.54) is 44.8 Å². The molecule has 0 aliphatic heterocycles. The average molecular weight is 912 g/mol. The first-order valence-corrected chi connectivity index (χ1v) is 24.1. The molecule has 346 valence electrons. The zero-order valence-electron chi connectivity index (χ0n) is 41.6. The smallest absolute Gasteiger partial charge is 0.143 e. The van der Waals surface area contributed by atoms with Gasteiger partial charge in [0.15, 0.2) is 0 Å². The minimum absolute atomic E-state index is 0.816. The lowest BCUT2D eigenvalue weighted by molar-refractivity contribution is 0.415. The lowest BCUT2D eigenvalue weighted by Gasteiger charge is -2.27. The van der Waals surface area contributed by atoms with Gasteiger partial charge in [-0.25, -0.2) is 0 Å². The van der Waals surface area contributed by atoms with Crippen molar-refractivity contribution in [1.29, 1.82) is 0 Å². The van der Waals surface area contributed by atoms with Gasteiger partial charge in [-0.05, 0) is 184 Å². The Morgan fingerprint density at radius 1 is 0.271 bits per heavy atom. The third-order valence-corrected chi connectivity index (χ3v) is 12.9. The summed E-state index contributed by atoms with van der Waals surface area (Å²) in [6.45, 7) is 15.0. The number of aryl methyl sites for hydroxylation is 7. The van der Waals surface area contributed by atoms with E-state index in [0.29, 0.717) is 0 Å². The van der Waals surface area contributed by atoms with Crippen LogP contribution in [0.1, 0.15) is 61.2 Å². The molecule has 0 unspecified atom stereocenters. The predicted molar refractivity (Wildman–Crippen MR) is 301 cm³/mol. The molecular formula is C66H61N3O. The van der Waals surface area contributed by atoms with E-state index in [2.05, 4.69) is 288 Å². The number of methoxy groups -OCH3 is 1. The summed E-state index contributed by atoms with van der Waals surface area (Å²) in [6.07, 6.45) is 8.72. The van der Waals surface area contributed by atoms with Crippen molar-refractivity contribution in [2.75, 3.05) is 21.8 Å². The standard InChI is InChI=1S/C66H61N3O/c1-46-9-28-57(29-10-46)67(63-40-13-48(3)43-51(63)6)59-32-20-53(21-33-59)16-18-55-24-36-61(37-25-55)69(65-42-15-50(5)45-66(65)70-8)62-38-26-56(27-39-62)19-17-54-22-34-60(35-23-54)68(58-30-11-47(2)12-31-58)64-41-14-49(4)44-52(64)7/h9-45H,1-8H3/b18-16+,19-17+. The summed E-state index contributed by atoms with van der Waals surface area (Å²) in [7, 11) is 1.74. The van der Waals surface area contributed by atoms with Gasteiger partial charge in [-0.3, -0.25) is 0 Å². The van der Waals surface area contributed by atoms with Gasteiger partial charge < -0.3 is 19.4 Å². The molecule has 0 saturated carbocycles. The van der Waals surface area contributed by atoms with Crippen molar-refractivity contribution in [3.63, 3.8) is 0 Å². The van der Waals surface area contributed by atoms with Crippen LogP contribution >= 0.6 is 0 Å². The molecule has 0 saturated heterocycles. The zero-order chi connectivity index (χ0) is 48.7. The second kappa shape index (κ2) is 20.9. The highest BCUT2D eigenvalue weighted by Crippen LogP contribution is 2.42. The number of benzene rings is 9. The third kappa shape index (κ3) is 10.7. The summed E-state index contributed by atoms with van der Waals surface area (Å²) >= 11 is 0. The van der Waals surface area contributed by atoms with Crippen LogP contribution in [0, 0.1) is 48.5 Å². The Hall–Kier alpha value is -8.34. The molecule has 0 aliphatic carbocycles. The minimum Gasteiger partial charge on any atom is -0.495 e. The van der Waals surface area contributed by atoms with Crippen molar-refractivity contribution >= 4 is 75.5 Å². The summed E-state index contributed by atoms with van der Waals surface area (Å²) in [4.78, 5) is 6.95. The number of ether oxygens (including phenoxy) is 1. The summed E-state index contributed by atoms with van der Waals surface area (Å²) in [5.74, 6) is 0.816. The molecule has 4 nitrogen and oxygen atoms in total. The fraction of sp³-hybridized carbons (Fsp3) is 0.121. The van der Waals surface area contributed by atoms with E-state index in [0.717, 1.165) is 73.4 Å². The van der Waals surface area contributed by atoms with Gasteiger partial charge in [-0.2, -0.15) is 0 Å². The number of hydrogen-bond donors (Lipinski definition) is 0. The van der Waals surface area contributed by atoms with Crippen LogP contribution in [0.15, 0.2) is 200 Å². The fourth-order valence-corrected chi connectivity index (χ4v) is 9.07. The van der Waals surface area contributed by atoms with E-state index in [4.69, 9.17) is 4.74 Å². The van der Waals surface area contributed by atoms with Crippen molar-refractivity contribution in [3.05, 3.63) is 261 Å². The highest BCUT2D eigenvalue weighted by molar-refractivity contribution is 5.84. The van der Waals surface area contributed by atoms with E-state index in [1.807, 2.05) is 0 Å². The van der Waals surface area contributed by atoms with Gasteiger partial charge in [0, 0.05) is 45.5 Å². The average Bonchev–Trinajstić information content (AvgIpc) is 3.37. The van der Waals surface area contributed by atoms with E-state index in [1.54, 1.807) is 7.11 Å². The van der Waals surface area contributed by atoms with Crippen LogP contribution in [0.4, 0.5) is 51.2 Å². The van der Waals surface area contributed by atoms with E-state index < -0.39 is 0 Å². The van der Waals surface area contributed by atoms with Crippen LogP contribution < -0.4 is 19.4 Å². The maximum absolute atomic E-state index is 5.98. The third-order valence-electron chi connectivity index (χ3n) is 12.9. The Labute approximate surface area is 415 Å². The molecule has 0 aromatic heterocycles. The molecule has 0 aliphatic rings.